The average Bonchev–Trinajstić information content (AvgIpc) is 2.73. The number of nitrogens with zero attached hydrogens (tertiary/aromatic N) is 2. The molecular weight excluding hydrogens is 272 g/mol. The van der Waals surface area contributed by atoms with Crippen LogP contribution in [-0.4, -0.2) is 10.2 Å². The van der Waals surface area contributed by atoms with Crippen molar-refractivity contribution in [2.24, 2.45) is 5.92 Å². The Bertz CT molecular complexity index is 329. The molecule has 4 heteroatoms. The number of halogens is 1. The zero-order valence-electron chi connectivity index (χ0n) is 9.29. The Morgan fingerprint density at radius 3 is 2.47 bits per heavy atom. The van der Waals surface area contributed by atoms with Gasteiger partial charge in [-0.15, -0.1) is 10.2 Å². The van der Waals surface area contributed by atoms with Crippen LogP contribution in [-0.2, 0) is 5.41 Å². The molecular formula is C11H17BrN2S. The van der Waals surface area contributed by atoms with E-state index in [1.54, 1.807) is 11.3 Å². The second-order valence-corrected chi connectivity index (χ2v) is 7.20. The molecule has 1 fully saturated rings. The molecule has 0 aromatic carbocycles. The maximum atomic E-state index is 4.34. The molecule has 0 atom stereocenters. The summed E-state index contributed by atoms with van der Waals surface area (Å²) in [7, 11) is 0. The molecule has 84 valence electrons. The summed E-state index contributed by atoms with van der Waals surface area (Å²) in [5.41, 5.74) is 0.345. The topological polar surface area (TPSA) is 25.8 Å². The van der Waals surface area contributed by atoms with Gasteiger partial charge in [-0.3, -0.25) is 0 Å². The zero-order valence-corrected chi connectivity index (χ0v) is 11.7. The van der Waals surface area contributed by atoms with Gasteiger partial charge in [0, 0.05) is 5.41 Å². The van der Waals surface area contributed by atoms with Crippen molar-refractivity contribution < 1.29 is 0 Å². The minimum atomic E-state index is 0.345. The van der Waals surface area contributed by atoms with Gasteiger partial charge < -0.3 is 0 Å². The lowest BCUT2D eigenvalue weighted by Crippen LogP contribution is -2.24. The molecule has 1 saturated carbocycles. The smallest absolute Gasteiger partial charge is 0.142 e. The van der Waals surface area contributed by atoms with E-state index >= 15 is 0 Å². The Balaban J connectivity index is 2.26. The molecule has 0 spiro atoms. The van der Waals surface area contributed by atoms with Crippen molar-refractivity contribution in [3.63, 3.8) is 0 Å². The fourth-order valence-corrected chi connectivity index (χ4v) is 4.12. The Kier molecular flexibility index (Phi) is 3.45. The van der Waals surface area contributed by atoms with E-state index in [0.29, 0.717) is 5.41 Å². The third kappa shape index (κ3) is 2.41. The molecule has 1 aromatic rings. The number of hydrogen-bond donors (Lipinski definition) is 0. The predicted molar refractivity (Wildman–Crippen MR) is 67.2 cm³/mol. The summed E-state index contributed by atoms with van der Waals surface area (Å²) in [6.07, 6.45) is 6.56. The average molecular weight is 289 g/mol. The highest BCUT2D eigenvalue weighted by Crippen LogP contribution is 2.46. The highest BCUT2D eigenvalue weighted by molar-refractivity contribution is 9.11. The molecule has 0 N–H and O–H groups in total. The Morgan fingerprint density at radius 1 is 1.33 bits per heavy atom. The summed E-state index contributed by atoms with van der Waals surface area (Å²) in [5.74, 6) is 0.741. The molecule has 2 rings (SSSR count). The Morgan fingerprint density at radius 2 is 2.00 bits per heavy atom. The first kappa shape index (κ1) is 11.5. The summed E-state index contributed by atoms with van der Waals surface area (Å²) >= 11 is 5.13. The van der Waals surface area contributed by atoms with Gasteiger partial charge >= 0.3 is 0 Å². The minimum absolute atomic E-state index is 0.345. The molecule has 15 heavy (non-hydrogen) atoms. The molecule has 1 aliphatic rings. The van der Waals surface area contributed by atoms with Crippen LogP contribution >= 0.6 is 27.3 Å². The van der Waals surface area contributed by atoms with Crippen LogP contribution in [0.2, 0.25) is 0 Å². The van der Waals surface area contributed by atoms with Crippen LogP contribution in [0.15, 0.2) is 3.92 Å². The standard InChI is InChI=1S/C11H17BrN2S/c1-8(2)7-11(5-3-4-6-11)9-13-14-10(12)15-9/h8H,3-7H2,1-2H3. The lowest BCUT2D eigenvalue weighted by molar-refractivity contribution is 0.343. The van der Waals surface area contributed by atoms with Gasteiger partial charge in [-0.1, -0.05) is 38.0 Å². The quantitative estimate of drug-likeness (QED) is 0.835. The van der Waals surface area contributed by atoms with Gasteiger partial charge in [-0.2, -0.15) is 0 Å². The molecule has 0 saturated heterocycles. The van der Waals surface area contributed by atoms with Crippen molar-refractivity contribution in [1.29, 1.82) is 0 Å². The highest BCUT2D eigenvalue weighted by atomic mass is 79.9. The summed E-state index contributed by atoms with van der Waals surface area (Å²) in [6.45, 7) is 4.60. The Hall–Kier alpha value is 0.0400. The van der Waals surface area contributed by atoms with E-state index in [0.717, 1.165) is 9.83 Å². The van der Waals surface area contributed by atoms with Crippen molar-refractivity contribution in [3.05, 3.63) is 8.92 Å². The predicted octanol–water partition coefficient (Wildman–Crippen LogP) is 4.16. The van der Waals surface area contributed by atoms with E-state index in [2.05, 4.69) is 40.0 Å². The lowest BCUT2D eigenvalue weighted by atomic mass is 9.79. The van der Waals surface area contributed by atoms with Gasteiger partial charge in [-0.05, 0) is 41.1 Å². The summed E-state index contributed by atoms with van der Waals surface area (Å²) < 4.78 is 0.924. The number of rotatable bonds is 3. The number of hydrogen-bond acceptors (Lipinski definition) is 3. The molecule has 1 heterocycles. The van der Waals surface area contributed by atoms with E-state index in [4.69, 9.17) is 0 Å². The maximum absolute atomic E-state index is 4.34. The fraction of sp³-hybridized carbons (Fsp3) is 0.818. The first-order chi connectivity index (χ1) is 7.12. The lowest BCUT2D eigenvalue weighted by Gasteiger charge is -2.27. The van der Waals surface area contributed by atoms with Crippen LogP contribution in [0.5, 0.6) is 0 Å². The third-order valence-electron chi connectivity index (χ3n) is 3.21. The normalized spacial score (nSPS) is 20.0. The van der Waals surface area contributed by atoms with Crippen molar-refractivity contribution in [3.8, 4) is 0 Å². The largest absolute Gasteiger partial charge is 0.183 e. The van der Waals surface area contributed by atoms with E-state index in [1.807, 2.05) is 0 Å². The van der Waals surface area contributed by atoms with Crippen LogP contribution in [0.4, 0.5) is 0 Å². The first-order valence-corrected chi connectivity index (χ1v) is 7.23. The summed E-state index contributed by atoms with van der Waals surface area (Å²) in [6, 6.07) is 0. The monoisotopic (exact) mass is 288 g/mol. The van der Waals surface area contributed by atoms with E-state index < -0.39 is 0 Å². The second kappa shape index (κ2) is 4.50. The van der Waals surface area contributed by atoms with Gasteiger partial charge in [0.2, 0.25) is 0 Å². The van der Waals surface area contributed by atoms with Crippen molar-refractivity contribution in [2.75, 3.05) is 0 Å². The van der Waals surface area contributed by atoms with Crippen LogP contribution in [0, 0.1) is 5.92 Å². The highest BCUT2D eigenvalue weighted by Gasteiger charge is 2.39. The van der Waals surface area contributed by atoms with Crippen molar-refractivity contribution in [1.82, 2.24) is 10.2 Å². The maximum Gasteiger partial charge on any atom is 0.183 e. The van der Waals surface area contributed by atoms with E-state index in [-0.39, 0.29) is 0 Å². The molecule has 0 radical (unpaired) electrons. The van der Waals surface area contributed by atoms with Gasteiger partial charge in [-0.25, -0.2) is 0 Å². The van der Waals surface area contributed by atoms with E-state index in [1.165, 1.54) is 37.1 Å². The van der Waals surface area contributed by atoms with Crippen LogP contribution < -0.4 is 0 Å². The second-order valence-electron chi connectivity index (χ2n) is 4.95. The van der Waals surface area contributed by atoms with Crippen molar-refractivity contribution >= 4 is 27.3 Å². The fourth-order valence-electron chi connectivity index (χ4n) is 2.76. The van der Waals surface area contributed by atoms with Crippen LogP contribution in [0.1, 0.15) is 51.0 Å². The van der Waals surface area contributed by atoms with E-state index in [9.17, 15) is 0 Å². The van der Waals surface area contributed by atoms with Crippen molar-refractivity contribution in [2.45, 2.75) is 51.4 Å². The van der Waals surface area contributed by atoms with Gasteiger partial charge in [0.15, 0.2) is 3.92 Å². The third-order valence-corrected chi connectivity index (χ3v) is 4.82. The summed E-state index contributed by atoms with van der Waals surface area (Å²) in [4.78, 5) is 0. The summed E-state index contributed by atoms with van der Waals surface area (Å²) in [5, 5.41) is 9.69. The molecule has 0 bridgehead atoms. The minimum Gasteiger partial charge on any atom is -0.142 e. The van der Waals surface area contributed by atoms with Crippen LogP contribution in [0.25, 0.3) is 0 Å². The number of aromatic nitrogens is 2. The Labute approximate surface area is 104 Å². The molecule has 1 aromatic heterocycles. The SMILES string of the molecule is CC(C)CC1(c2nnc(Br)s2)CCCC1. The van der Waals surface area contributed by atoms with Crippen LogP contribution in [0.3, 0.4) is 0 Å². The van der Waals surface area contributed by atoms with Gasteiger partial charge in [0.05, 0.1) is 0 Å². The van der Waals surface area contributed by atoms with Gasteiger partial charge in [0.25, 0.3) is 0 Å². The zero-order chi connectivity index (χ0) is 10.9. The molecule has 2 nitrogen and oxygen atoms in total. The molecule has 1 aliphatic carbocycles. The molecule has 0 aliphatic heterocycles. The molecule has 0 unspecified atom stereocenters. The first-order valence-electron chi connectivity index (χ1n) is 5.62. The van der Waals surface area contributed by atoms with Gasteiger partial charge in [0.1, 0.15) is 5.01 Å². The molecule has 0 amide bonds.